The van der Waals surface area contributed by atoms with Crippen molar-refractivity contribution < 1.29 is 18.0 Å². The fraction of sp³-hybridized carbons (Fsp3) is 0.0500. The molecule has 0 fully saturated rings. The van der Waals surface area contributed by atoms with Crippen molar-refractivity contribution in [2.24, 2.45) is 0 Å². The van der Waals surface area contributed by atoms with Gasteiger partial charge in [-0.15, -0.1) is 0 Å². The summed E-state index contributed by atoms with van der Waals surface area (Å²) in [5.41, 5.74) is 0.192. The predicted octanol–water partition coefficient (Wildman–Crippen LogP) is 4.00. The number of anilines is 1. The summed E-state index contributed by atoms with van der Waals surface area (Å²) < 4.78 is 40.7. The number of alkyl halides is 3. The molecule has 1 aromatic carbocycles. The van der Waals surface area contributed by atoms with E-state index in [2.05, 4.69) is 25.4 Å². The number of pyridine rings is 1. The number of rotatable bonds is 4. The summed E-state index contributed by atoms with van der Waals surface area (Å²) in [4.78, 5) is 24.2. The molecule has 0 spiro atoms. The Labute approximate surface area is 168 Å². The molecule has 10 heteroatoms. The van der Waals surface area contributed by atoms with Crippen LogP contribution in [0.2, 0.25) is 0 Å². The molecule has 4 rings (SSSR count). The van der Waals surface area contributed by atoms with Crippen LogP contribution in [-0.2, 0) is 6.18 Å². The topological polar surface area (TPSA) is 85.6 Å². The molecule has 4 aromatic rings. The van der Waals surface area contributed by atoms with Crippen LogP contribution in [0.4, 0.5) is 19.1 Å². The minimum Gasteiger partial charge on any atom is -0.290 e. The van der Waals surface area contributed by atoms with E-state index in [1.165, 1.54) is 24.8 Å². The summed E-state index contributed by atoms with van der Waals surface area (Å²) in [7, 11) is 0. The van der Waals surface area contributed by atoms with Crippen LogP contribution in [0.1, 0.15) is 16.1 Å². The Morgan fingerprint density at radius 3 is 2.33 bits per heavy atom. The molecule has 3 heterocycles. The number of aromatic nitrogens is 5. The maximum Gasteiger partial charge on any atom is 0.435 e. The lowest BCUT2D eigenvalue weighted by molar-refractivity contribution is -0.141. The van der Waals surface area contributed by atoms with Crippen LogP contribution >= 0.6 is 0 Å². The molecule has 1 amide bonds. The summed E-state index contributed by atoms with van der Waals surface area (Å²) in [5, 5.41) is 6.19. The number of halogens is 3. The number of hydrogen-bond donors (Lipinski definition) is 1. The standard InChI is InChI=1S/C20H13F3N6O/c21-20(22,23)17-9-16(14-7-4-8-24-10-14)29(28-17)15-11-25-19(26-12-15)27-18(30)13-5-2-1-3-6-13/h1-12H,(H,25,26,27,30). The maximum absolute atomic E-state index is 13.2. The second kappa shape index (κ2) is 7.74. The van der Waals surface area contributed by atoms with E-state index < -0.39 is 17.8 Å². The van der Waals surface area contributed by atoms with Crippen molar-refractivity contribution in [1.82, 2.24) is 24.7 Å². The fourth-order valence-electron chi connectivity index (χ4n) is 2.69. The Kier molecular flexibility index (Phi) is 4.97. The van der Waals surface area contributed by atoms with Gasteiger partial charge in [-0.2, -0.15) is 18.3 Å². The first-order valence-corrected chi connectivity index (χ1v) is 8.68. The molecule has 0 atom stereocenters. The molecule has 150 valence electrons. The van der Waals surface area contributed by atoms with Crippen LogP contribution in [0.5, 0.6) is 0 Å². The molecular formula is C20H13F3N6O. The van der Waals surface area contributed by atoms with Gasteiger partial charge in [0.15, 0.2) is 5.69 Å². The first-order valence-electron chi connectivity index (χ1n) is 8.68. The van der Waals surface area contributed by atoms with E-state index in [4.69, 9.17) is 0 Å². The van der Waals surface area contributed by atoms with E-state index in [-0.39, 0.29) is 17.3 Å². The Bertz CT molecular complexity index is 1160. The molecule has 1 N–H and O–H groups in total. The molecule has 30 heavy (non-hydrogen) atoms. The molecule has 3 aromatic heterocycles. The molecule has 0 bridgehead atoms. The van der Waals surface area contributed by atoms with Gasteiger partial charge in [0.25, 0.3) is 5.91 Å². The molecule has 0 saturated heterocycles. The average Bonchev–Trinajstić information content (AvgIpc) is 3.22. The molecule has 0 aliphatic heterocycles. The Balaban J connectivity index is 1.65. The number of hydrogen-bond acceptors (Lipinski definition) is 5. The van der Waals surface area contributed by atoms with Crippen LogP contribution in [0, 0.1) is 0 Å². The number of nitrogens with zero attached hydrogens (tertiary/aromatic N) is 5. The minimum atomic E-state index is -4.62. The van der Waals surface area contributed by atoms with Gasteiger partial charge in [0.1, 0.15) is 5.69 Å². The lowest BCUT2D eigenvalue weighted by atomic mass is 10.2. The highest BCUT2D eigenvalue weighted by Gasteiger charge is 2.35. The highest BCUT2D eigenvalue weighted by molar-refractivity contribution is 6.03. The van der Waals surface area contributed by atoms with Gasteiger partial charge in [0.05, 0.1) is 18.1 Å². The van der Waals surface area contributed by atoms with Gasteiger partial charge in [0.2, 0.25) is 5.95 Å². The van der Waals surface area contributed by atoms with Gasteiger partial charge >= 0.3 is 6.18 Å². The largest absolute Gasteiger partial charge is 0.435 e. The van der Waals surface area contributed by atoms with Gasteiger partial charge in [-0.1, -0.05) is 18.2 Å². The van der Waals surface area contributed by atoms with Crippen molar-refractivity contribution in [2.45, 2.75) is 6.18 Å². The van der Waals surface area contributed by atoms with E-state index in [1.54, 1.807) is 42.5 Å². The number of carbonyl (C=O) groups excluding carboxylic acids is 1. The van der Waals surface area contributed by atoms with Crippen LogP contribution in [0.3, 0.4) is 0 Å². The minimum absolute atomic E-state index is 0.0127. The predicted molar refractivity (Wildman–Crippen MR) is 102 cm³/mol. The zero-order valence-electron chi connectivity index (χ0n) is 15.2. The maximum atomic E-state index is 13.2. The monoisotopic (exact) mass is 410 g/mol. The molecule has 0 saturated carbocycles. The molecular weight excluding hydrogens is 397 g/mol. The first-order chi connectivity index (χ1) is 14.4. The lowest BCUT2D eigenvalue weighted by Crippen LogP contribution is -2.14. The van der Waals surface area contributed by atoms with Gasteiger partial charge in [0, 0.05) is 23.5 Å². The van der Waals surface area contributed by atoms with Crippen molar-refractivity contribution >= 4 is 11.9 Å². The van der Waals surface area contributed by atoms with Crippen LogP contribution < -0.4 is 5.32 Å². The van der Waals surface area contributed by atoms with Crippen molar-refractivity contribution in [3.63, 3.8) is 0 Å². The number of amides is 1. The SMILES string of the molecule is O=C(Nc1ncc(-n2nc(C(F)(F)F)cc2-c2cccnc2)cn1)c1ccccc1. The van der Waals surface area contributed by atoms with Crippen LogP contribution in [0.25, 0.3) is 16.9 Å². The summed E-state index contributed by atoms with van der Waals surface area (Å²) in [6.07, 6.45) is 0.888. The second-order valence-electron chi connectivity index (χ2n) is 6.15. The zero-order valence-corrected chi connectivity index (χ0v) is 15.2. The van der Waals surface area contributed by atoms with E-state index in [1.807, 2.05) is 0 Å². The lowest BCUT2D eigenvalue weighted by Gasteiger charge is -2.08. The van der Waals surface area contributed by atoms with Crippen molar-refractivity contribution in [3.8, 4) is 16.9 Å². The third-order valence-electron chi connectivity index (χ3n) is 4.10. The van der Waals surface area contributed by atoms with E-state index in [9.17, 15) is 18.0 Å². The third-order valence-corrected chi connectivity index (χ3v) is 4.10. The van der Waals surface area contributed by atoms with Crippen molar-refractivity contribution in [3.05, 3.63) is 84.6 Å². The Morgan fingerprint density at radius 2 is 1.70 bits per heavy atom. The van der Waals surface area contributed by atoms with E-state index in [0.717, 1.165) is 10.7 Å². The van der Waals surface area contributed by atoms with Gasteiger partial charge in [-0.25, -0.2) is 14.6 Å². The van der Waals surface area contributed by atoms with E-state index >= 15 is 0 Å². The van der Waals surface area contributed by atoms with Crippen LogP contribution in [0.15, 0.2) is 73.3 Å². The second-order valence-corrected chi connectivity index (χ2v) is 6.15. The molecule has 0 radical (unpaired) electrons. The van der Waals surface area contributed by atoms with Gasteiger partial charge < -0.3 is 0 Å². The average molecular weight is 410 g/mol. The Morgan fingerprint density at radius 1 is 0.967 bits per heavy atom. The van der Waals surface area contributed by atoms with Crippen molar-refractivity contribution in [1.29, 1.82) is 0 Å². The Hall–Kier alpha value is -4.08. The van der Waals surface area contributed by atoms with Crippen LogP contribution in [-0.4, -0.2) is 30.6 Å². The summed E-state index contributed by atoms with van der Waals surface area (Å²) in [6.45, 7) is 0. The summed E-state index contributed by atoms with van der Waals surface area (Å²) >= 11 is 0. The zero-order chi connectivity index (χ0) is 21.1. The molecule has 7 nitrogen and oxygen atoms in total. The molecule has 0 unspecified atom stereocenters. The van der Waals surface area contributed by atoms with E-state index in [0.29, 0.717) is 11.1 Å². The highest BCUT2D eigenvalue weighted by atomic mass is 19.4. The highest BCUT2D eigenvalue weighted by Crippen LogP contribution is 2.32. The number of nitrogens with one attached hydrogen (secondary N) is 1. The van der Waals surface area contributed by atoms with Gasteiger partial charge in [-0.05, 0) is 30.3 Å². The smallest absolute Gasteiger partial charge is 0.290 e. The summed E-state index contributed by atoms with van der Waals surface area (Å²) in [5.74, 6) is -0.392. The van der Waals surface area contributed by atoms with Gasteiger partial charge in [-0.3, -0.25) is 15.1 Å². The fourth-order valence-corrected chi connectivity index (χ4v) is 2.69. The quantitative estimate of drug-likeness (QED) is 0.550. The van der Waals surface area contributed by atoms with Crippen molar-refractivity contribution in [2.75, 3.05) is 5.32 Å². The summed E-state index contributed by atoms with van der Waals surface area (Å²) in [6, 6.07) is 12.6. The molecule has 0 aliphatic rings. The first kappa shape index (κ1) is 19.2. The molecule has 0 aliphatic carbocycles. The third kappa shape index (κ3) is 4.02. The normalized spacial score (nSPS) is 11.3. The number of benzene rings is 1. The number of carbonyl (C=O) groups is 1.